The number of urea groups is 1. The molecule has 0 aliphatic heterocycles. The number of likely N-dealkylation sites (N-methyl/N-ethyl adjacent to an activating group) is 1. The largest absolute Gasteiger partial charge is 0.480 e. The first-order valence-electron chi connectivity index (χ1n) is 6.24. The van der Waals surface area contributed by atoms with Crippen LogP contribution in [0.3, 0.4) is 0 Å². The number of nitrogens with one attached hydrogen (secondary N) is 1. The number of carbonyl (C=O) groups excluding carboxylic acids is 1. The number of amides is 2. The van der Waals surface area contributed by atoms with E-state index < -0.39 is 17.5 Å². The molecule has 2 N–H and O–H groups in total. The van der Waals surface area contributed by atoms with Crippen LogP contribution in [0.25, 0.3) is 0 Å². The number of nitrogens with zero attached hydrogens (tertiary/aromatic N) is 1. The Kier molecular flexibility index (Phi) is 7.14. The van der Waals surface area contributed by atoms with Gasteiger partial charge in [0.2, 0.25) is 0 Å². The van der Waals surface area contributed by atoms with E-state index >= 15 is 0 Å². The highest BCUT2D eigenvalue weighted by Crippen LogP contribution is 2.14. The predicted molar refractivity (Wildman–Crippen MR) is 73.1 cm³/mol. The predicted octanol–water partition coefficient (Wildman–Crippen LogP) is 1.47. The SMILES string of the molecule is C=C(C)COCCNC(=O)N(CC)C(C)(C)C(=O)O. The minimum absolute atomic E-state index is 0.317. The fraction of sp³-hybridized carbons (Fsp3) is 0.692. The Labute approximate surface area is 114 Å². The molecule has 19 heavy (non-hydrogen) atoms. The van der Waals surface area contributed by atoms with E-state index in [1.807, 2.05) is 6.92 Å². The summed E-state index contributed by atoms with van der Waals surface area (Å²) in [6.45, 7) is 11.7. The summed E-state index contributed by atoms with van der Waals surface area (Å²) in [5, 5.41) is 11.7. The summed E-state index contributed by atoms with van der Waals surface area (Å²) >= 11 is 0. The zero-order chi connectivity index (χ0) is 15.1. The molecule has 2 amide bonds. The molecular weight excluding hydrogens is 248 g/mol. The maximum Gasteiger partial charge on any atom is 0.329 e. The lowest BCUT2D eigenvalue weighted by Crippen LogP contribution is -2.56. The van der Waals surface area contributed by atoms with Crippen LogP contribution in [-0.4, -0.2) is 53.8 Å². The first-order chi connectivity index (χ1) is 8.73. The minimum Gasteiger partial charge on any atom is -0.480 e. The van der Waals surface area contributed by atoms with Crippen molar-refractivity contribution in [1.82, 2.24) is 10.2 Å². The van der Waals surface area contributed by atoms with Gasteiger partial charge in [0.15, 0.2) is 0 Å². The van der Waals surface area contributed by atoms with Crippen LogP contribution in [0.5, 0.6) is 0 Å². The van der Waals surface area contributed by atoms with Crippen LogP contribution in [0, 0.1) is 0 Å². The lowest BCUT2D eigenvalue weighted by atomic mass is 10.0. The lowest BCUT2D eigenvalue weighted by Gasteiger charge is -2.34. The zero-order valence-corrected chi connectivity index (χ0v) is 12.2. The van der Waals surface area contributed by atoms with Crippen molar-refractivity contribution in [1.29, 1.82) is 0 Å². The van der Waals surface area contributed by atoms with E-state index in [9.17, 15) is 9.59 Å². The van der Waals surface area contributed by atoms with Crippen molar-refractivity contribution >= 4 is 12.0 Å². The molecule has 0 aliphatic rings. The molecule has 0 saturated carbocycles. The van der Waals surface area contributed by atoms with Crippen LogP contribution in [0.4, 0.5) is 4.79 Å². The first-order valence-corrected chi connectivity index (χ1v) is 6.24. The van der Waals surface area contributed by atoms with Crippen molar-refractivity contribution in [3.05, 3.63) is 12.2 Å². The normalized spacial score (nSPS) is 10.9. The molecule has 110 valence electrons. The average Bonchev–Trinajstić information content (AvgIpc) is 2.28. The summed E-state index contributed by atoms with van der Waals surface area (Å²) in [5.74, 6) is -1.04. The fourth-order valence-corrected chi connectivity index (χ4v) is 1.48. The summed E-state index contributed by atoms with van der Waals surface area (Å²) in [5.41, 5.74) is -0.328. The van der Waals surface area contributed by atoms with Crippen LogP contribution < -0.4 is 5.32 Å². The van der Waals surface area contributed by atoms with E-state index in [-0.39, 0.29) is 0 Å². The third-order valence-electron chi connectivity index (χ3n) is 2.63. The Bertz CT molecular complexity index is 340. The number of carboxylic acids is 1. The highest BCUT2D eigenvalue weighted by Gasteiger charge is 2.36. The van der Waals surface area contributed by atoms with E-state index in [1.165, 1.54) is 18.7 Å². The molecule has 6 heteroatoms. The Morgan fingerprint density at radius 3 is 2.42 bits per heavy atom. The monoisotopic (exact) mass is 272 g/mol. The van der Waals surface area contributed by atoms with Crippen LogP contribution in [0.15, 0.2) is 12.2 Å². The van der Waals surface area contributed by atoms with E-state index in [0.717, 1.165) is 5.57 Å². The highest BCUT2D eigenvalue weighted by molar-refractivity contribution is 5.85. The van der Waals surface area contributed by atoms with E-state index in [1.54, 1.807) is 6.92 Å². The maximum atomic E-state index is 11.9. The Morgan fingerprint density at radius 2 is 2.00 bits per heavy atom. The molecule has 0 spiro atoms. The van der Waals surface area contributed by atoms with Crippen molar-refractivity contribution in [2.75, 3.05) is 26.3 Å². The molecule has 0 bridgehead atoms. The van der Waals surface area contributed by atoms with Crippen molar-refractivity contribution in [2.45, 2.75) is 33.2 Å². The van der Waals surface area contributed by atoms with Crippen LogP contribution in [-0.2, 0) is 9.53 Å². The Balaban J connectivity index is 4.24. The smallest absolute Gasteiger partial charge is 0.329 e. The van der Waals surface area contributed by atoms with Crippen LogP contribution in [0.2, 0.25) is 0 Å². The second kappa shape index (κ2) is 7.78. The topological polar surface area (TPSA) is 78.9 Å². The number of rotatable bonds is 8. The molecular formula is C13H24N2O4. The summed E-state index contributed by atoms with van der Waals surface area (Å²) in [4.78, 5) is 24.3. The van der Waals surface area contributed by atoms with Crippen molar-refractivity contribution in [3.63, 3.8) is 0 Å². The van der Waals surface area contributed by atoms with Gasteiger partial charge in [0, 0.05) is 13.1 Å². The van der Waals surface area contributed by atoms with Gasteiger partial charge in [-0.3, -0.25) is 0 Å². The lowest BCUT2D eigenvalue weighted by molar-refractivity contribution is -0.147. The third kappa shape index (κ3) is 5.74. The molecule has 0 saturated heterocycles. The number of carbonyl (C=O) groups is 2. The molecule has 0 atom stereocenters. The summed E-state index contributed by atoms with van der Waals surface area (Å²) in [6, 6.07) is -0.408. The fourth-order valence-electron chi connectivity index (χ4n) is 1.48. The molecule has 0 aromatic heterocycles. The van der Waals surface area contributed by atoms with Gasteiger partial charge >= 0.3 is 12.0 Å². The van der Waals surface area contributed by atoms with Gasteiger partial charge in [-0.1, -0.05) is 12.2 Å². The Hall–Kier alpha value is -1.56. The third-order valence-corrected chi connectivity index (χ3v) is 2.63. The molecule has 0 rings (SSSR count). The van der Waals surface area contributed by atoms with Gasteiger partial charge in [0.1, 0.15) is 5.54 Å². The maximum absolute atomic E-state index is 11.9. The van der Waals surface area contributed by atoms with E-state index in [2.05, 4.69) is 11.9 Å². The summed E-state index contributed by atoms with van der Waals surface area (Å²) in [7, 11) is 0. The first kappa shape index (κ1) is 17.4. The molecule has 6 nitrogen and oxygen atoms in total. The van der Waals surface area contributed by atoms with Gasteiger partial charge < -0.3 is 20.1 Å². The number of aliphatic carboxylic acids is 1. The van der Waals surface area contributed by atoms with Crippen LogP contribution in [0.1, 0.15) is 27.7 Å². The number of ether oxygens (including phenoxy) is 1. The van der Waals surface area contributed by atoms with Gasteiger partial charge in [0.25, 0.3) is 0 Å². The van der Waals surface area contributed by atoms with Crippen LogP contribution >= 0.6 is 0 Å². The number of carboxylic acid groups (broad SMARTS) is 1. The van der Waals surface area contributed by atoms with Gasteiger partial charge in [-0.15, -0.1) is 0 Å². The van der Waals surface area contributed by atoms with Gasteiger partial charge in [-0.2, -0.15) is 0 Å². The van der Waals surface area contributed by atoms with Gasteiger partial charge in [0.05, 0.1) is 13.2 Å². The molecule has 0 unspecified atom stereocenters. The standard InChI is InChI=1S/C13H24N2O4/c1-6-15(13(4,5)11(16)17)12(18)14-7-8-19-9-10(2)3/h2,6-9H2,1,3-5H3,(H,14,18)(H,16,17). The zero-order valence-electron chi connectivity index (χ0n) is 12.2. The average molecular weight is 272 g/mol. The van der Waals surface area contributed by atoms with E-state index in [0.29, 0.717) is 26.3 Å². The molecule has 0 aromatic carbocycles. The Morgan fingerprint density at radius 1 is 1.42 bits per heavy atom. The minimum atomic E-state index is -1.24. The molecule has 0 aliphatic carbocycles. The second-order valence-corrected chi connectivity index (χ2v) is 4.85. The molecule has 0 aromatic rings. The molecule has 0 fully saturated rings. The number of hydrogen-bond acceptors (Lipinski definition) is 3. The number of hydrogen-bond donors (Lipinski definition) is 2. The molecule has 0 radical (unpaired) electrons. The highest BCUT2D eigenvalue weighted by atomic mass is 16.5. The van der Waals surface area contributed by atoms with Crippen molar-refractivity contribution < 1.29 is 19.4 Å². The van der Waals surface area contributed by atoms with E-state index in [4.69, 9.17) is 9.84 Å². The quantitative estimate of drug-likeness (QED) is 0.518. The summed E-state index contributed by atoms with van der Waals surface area (Å²) < 4.78 is 5.24. The van der Waals surface area contributed by atoms with Crippen molar-refractivity contribution in [2.24, 2.45) is 0 Å². The summed E-state index contributed by atoms with van der Waals surface area (Å²) in [6.07, 6.45) is 0. The van der Waals surface area contributed by atoms with Gasteiger partial charge in [-0.25, -0.2) is 9.59 Å². The van der Waals surface area contributed by atoms with Crippen molar-refractivity contribution in [3.8, 4) is 0 Å². The molecule has 0 heterocycles. The van der Waals surface area contributed by atoms with Gasteiger partial charge in [-0.05, 0) is 27.7 Å². The second-order valence-electron chi connectivity index (χ2n) is 4.85.